The molecular weight excluding hydrogens is 316 g/mol. The Morgan fingerprint density at radius 2 is 1.88 bits per heavy atom. The predicted molar refractivity (Wildman–Crippen MR) is 98.3 cm³/mol. The minimum absolute atomic E-state index is 0.0578. The first-order valence-electron chi connectivity index (χ1n) is 8.39. The number of aliphatic hydroxyl groups excluding tert-OH is 1. The highest BCUT2D eigenvalue weighted by Gasteiger charge is 2.07. The second kappa shape index (κ2) is 9.64. The van der Waals surface area contributed by atoms with Gasteiger partial charge in [-0.1, -0.05) is 36.4 Å². The van der Waals surface area contributed by atoms with Gasteiger partial charge in [0, 0.05) is 12.7 Å². The number of carbonyl (C=O) groups is 1. The summed E-state index contributed by atoms with van der Waals surface area (Å²) in [6.45, 7) is 4.50. The molecule has 0 heterocycles. The fourth-order valence-corrected chi connectivity index (χ4v) is 2.43. The molecular formula is C21H24O4. The molecule has 25 heavy (non-hydrogen) atoms. The largest absolute Gasteiger partial charge is 0.489 e. The van der Waals surface area contributed by atoms with Crippen molar-refractivity contribution in [3.05, 3.63) is 71.3 Å². The van der Waals surface area contributed by atoms with E-state index in [0.717, 1.165) is 22.3 Å². The molecule has 0 aliphatic rings. The summed E-state index contributed by atoms with van der Waals surface area (Å²) in [6.07, 6.45) is 2.00. The van der Waals surface area contributed by atoms with Crippen molar-refractivity contribution in [1.82, 2.24) is 0 Å². The molecule has 0 aliphatic carbocycles. The van der Waals surface area contributed by atoms with E-state index in [9.17, 15) is 9.90 Å². The average molecular weight is 340 g/mol. The fourth-order valence-electron chi connectivity index (χ4n) is 2.43. The summed E-state index contributed by atoms with van der Waals surface area (Å²) in [5.74, 6) is 0.348. The molecule has 0 unspecified atom stereocenters. The number of ether oxygens (including phenoxy) is 2. The number of aliphatic hydroxyl groups is 1. The Balaban J connectivity index is 2.21. The third kappa shape index (κ3) is 6.08. The number of rotatable bonds is 8. The normalized spacial score (nSPS) is 11.2. The Labute approximate surface area is 148 Å². The fraction of sp³-hybridized carbons (Fsp3) is 0.286. The van der Waals surface area contributed by atoms with Gasteiger partial charge in [-0.3, -0.25) is 0 Å². The van der Waals surface area contributed by atoms with E-state index in [0.29, 0.717) is 25.4 Å². The minimum atomic E-state index is -0.362. The average Bonchev–Trinajstić information content (AvgIpc) is 2.61. The molecule has 132 valence electrons. The number of hydrogen-bond donors (Lipinski definition) is 1. The van der Waals surface area contributed by atoms with Crippen molar-refractivity contribution in [2.24, 2.45) is 0 Å². The van der Waals surface area contributed by atoms with Gasteiger partial charge >= 0.3 is 5.97 Å². The van der Waals surface area contributed by atoms with Gasteiger partial charge in [0.15, 0.2) is 0 Å². The van der Waals surface area contributed by atoms with Gasteiger partial charge in [-0.2, -0.15) is 0 Å². The van der Waals surface area contributed by atoms with Gasteiger partial charge in [-0.15, -0.1) is 0 Å². The monoisotopic (exact) mass is 340 g/mol. The van der Waals surface area contributed by atoms with Crippen molar-refractivity contribution in [1.29, 1.82) is 0 Å². The summed E-state index contributed by atoms with van der Waals surface area (Å²) in [5.41, 5.74) is 3.71. The summed E-state index contributed by atoms with van der Waals surface area (Å²) >= 11 is 0. The van der Waals surface area contributed by atoms with E-state index in [1.165, 1.54) is 6.08 Å². The second-order valence-electron chi connectivity index (χ2n) is 5.69. The van der Waals surface area contributed by atoms with E-state index in [4.69, 9.17) is 9.47 Å². The molecule has 4 nitrogen and oxygen atoms in total. The highest BCUT2D eigenvalue weighted by molar-refractivity contribution is 5.91. The third-order valence-corrected chi connectivity index (χ3v) is 3.69. The lowest BCUT2D eigenvalue weighted by Gasteiger charge is -2.12. The van der Waals surface area contributed by atoms with Crippen LogP contribution >= 0.6 is 0 Å². The van der Waals surface area contributed by atoms with Crippen LogP contribution in [0.3, 0.4) is 0 Å². The maximum Gasteiger partial charge on any atom is 0.331 e. The van der Waals surface area contributed by atoms with Gasteiger partial charge in [0.05, 0.1) is 6.61 Å². The van der Waals surface area contributed by atoms with E-state index in [-0.39, 0.29) is 12.6 Å². The molecule has 2 aromatic carbocycles. The maximum atomic E-state index is 11.7. The number of benzene rings is 2. The van der Waals surface area contributed by atoms with Gasteiger partial charge in [0.1, 0.15) is 12.4 Å². The molecule has 0 fully saturated rings. The third-order valence-electron chi connectivity index (χ3n) is 3.69. The van der Waals surface area contributed by atoms with E-state index in [1.54, 1.807) is 6.92 Å². The van der Waals surface area contributed by atoms with Crippen molar-refractivity contribution >= 4 is 11.5 Å². The maximum absolute atomic E-state index is 11.7. The van der Waals surface area contributed by atoms with Crippen molar-refractivity contribution < 1.29 is 19.4 Å². The number of esters is 1. The molecule has 0 bridgehead atoms. The predicted octanol–water partition coefficient (Wildman–Crippen LogP) is 3.77. The molecule has 2 rings (SSSR count). The van der Waals surface area contributed by atoms with E-state index >= 15 is 0 Å². The summed E-state index contributed by atoms with van der Waals surface area (Å²) in [6, 6.07) is 15.7. The van der Waals surface area contributed by atoms with Crippen molar-refractivity contribution in [2.75, 3.05) is 13.2 Å². The summed E-state index contributed by atoms with van der Waals surface area (Å²) < 4.78 is 10.9. The highest BCUT2D eigenvalue weighted by Crippen LogP contribution is 2.24. The van der Waals surface area contributed by atoms with Gasteiger partial charge in [0.2, 0.25) is 0 Å². The first-order valence-corrected chi connectivity index (χ1v) is 8.39. The number of carbonyl (C=O) groups excluding carboxylic acids is 1. The van der Waals surface area contributed by atoms with Crippen LogP contribution in [-0.2, 0) is 22.6 Å². The Kier molecular flexibility index (Phi) is 7.23. The Morgan fingerprint density at radius 1 is 1.12 bits per heavy atom. The first kappa shape index (κ1) is 18.7. The molecule has 4 heteroatoms. The Bertz CT molecular complexity index is 720. The second-order valence-corrected chi connectivity index (χ2v) is 5.69. The zero-order chi connectivity index (χ0) is 18.1. The van der Waals surface area contributed by atoms with Crippen molar-refractivity contribution in [2.45, 2.75) is 26.9 Å². The topological polar surface area (TPSA) is 55.8 Å². The molecule has 0 aliphatic heterocycles. The van der Waals surface area contributed by atoms with Gasteiger partial charge in [0.25, 0.3) is 0 Å². The Morgan fingerprint density at radius 3 is 2.56 bits per heavy atom. The van der Waals surface area contributed by atoms with Crippen LogP contribution in [0.25, 0.3) is 5.57 Å². The van der Waals surface area contributed by atoms with Crippen LogP contribution in [-0.4, -0.2) is 24.3 Å². The van der Waals surface area contributed by atoms with Crippen LogP contribution in [0.15, 0.2) is 54.6 Å². The lowest BCUT2D eigenvalue weighted by molar-refractivity contribution is -0.137. The van der Waals surface area contributed by atoms with Crippen LogP contribution in [0, 0.1) is 0 Å². The SMILES string of the molecule is CCOC(=O)/C=C(\C)c1cc(CCO)cc(OCc2ccccc2)c1. The minimum Gasteiger partial charge on any atom is -0.489 e. The molecule has 0 spiro atoms. The van der Waals surface area contributed by atoms with Gasteiger partial charge < -0.3 is 14.6 Å². The standard InChI is InChI=1S/C21H24O4/c1-3-24-21(23)11-16(2)19-12-18(9-10-22)13-20(14-19)25-15-17-7-5-4-6-8-17/h4-8,11-14,22H,3,9-10,15H2,1-2H3/b16-11+. The first-order chi connectivity index (χ1) is 12.1. The summed E-state index contributed by atoms with van der Waals surface area (Å²) in [4.78, 5) is 11.7. The molecule has 0 saturated carbocycles. The lowest BCUT2D eigenvalue weighted by atomic mass is 10.0. The molecule has 0 saturated heterocycles. The quantitative estimate of drug-likeness (QED) is 0.587. The molecule has 0 amide bonds. The lowest BCUT2D eigenvalue weighted by Crippen LogP contribution is -2.01. The van der Waals surface area contributed by atoms with Crippen LogP contribution in [0.4, 0.5) is 0 Å². The number of hydrogen-bond acceptors (Lipinski definition) is 4. The van der Waals surface area contributed by atoms with Crippen LogP contribution in [0.1, 0.15) is 30.5 Å². The highest BCUT2D eigenvalue weighted by atomic mass is 16.5. The van der Waals surface area contributed by atoms with Crippen LogP contribution in [0.5, 0.6) is 5.75 Å². The smallest absolute Gasteiger partial charge is 0.331 e. The zero-order valence-corrected chi connectivity index (χ0v) is 14.7. The summed E-state index contributed by atoms with van der Waals surface area (Å²) in [5, 5.41) is 9.23. The molecule has 2 aromatic rings. The molecule has 0 atom stereocenters. The number of allylic oxidation sites excluding steroid dienone is 1. The van der Waals surface area contributed by atoms with Crippen LogP contribution in [0.2, 0.25) is 0 Å². The van der Waals surface area contributed by atoms with E-state index < -0.39 is 0 Å². The van der Waals surface area contributed by atoms with E-state index in [2.05, 4.69) is 0 Å². The van der Waals surface area contributed by atoms with Crippen LogP contribution < -0.4 is 4.74 Å². The Hall–Kier alpha value is -2.59. The molecule has 0 radical (unpaired) electrons. The summed E-state index contributed by atoms with van der Waals surface area (Å²) in [7, 11) is 0. The van der Waals surface area contributed by atoms with Crippen molar-refractivity contribution in [3.63, 3.8) is 0 Å². The molecule has 0 aromatic heterocycles. The molecule has 1 N–H and O–H groups in total. The van der Waals surface area contributed by atoms with Crippen molar-refractivity contribution in [3.8, 4) is 5.75 Å². The van der Waals surface area contributed by atoms with Gasteiger partial charge in [-0.25, -0.2) is 4.79 Å². The van der Waals surface area contributed by atoms with Gasteiger partial charge in [-0.05, 0) is 54.7 Å². The van der Waals surface area contributed by atoms with E-state index in [1.807, 2.05) is 55.5 Å². The zero-order valence-electron chi connectivity index (χ0n) is 14.7.